The Bertz CT molecular complexity index is 784. The lowest BCUT2D eigenvalue weighted by molar-refractivity contribution is 0.0927. The summed E-state index contributed by atoms with van der Waals surface area (Å²) in [6.45, 7) is 3.36. The smallest absolute Gasteiger partial charge is 0.272 e. The molecule has 0 bridgehead atoms. The average molecular weight is 339 g/mol. The highest BCUT2D eigenvalue weighted by atomic mass is 16.1. The van der Waals surface area contributed by atoms with Crippen LogP contribution in [0.3, 0.4) is 0 Å². The number of hydrogen-bond acceptors (Lipinski definition) is 4. The molecule has 2 aliphatic rings. The SMILES string of the molecule is CN1CCc2[nH]nc(C(=O)NCC3Cc4ccccc4CN3C)c2C1. The third-order valence-corrected chi connectivity index (χ3v) is 5.45. The minimum absolute atomic E-state index is 0.0694. The number of carbonyl (C=O) groups is 1. The van der Waals surface area contributed by atoms with Crippen LogP contribution in [-0.4, -0.2) is 59.1 Å². The standard InChI is InChI=1S/C19H25N5O/c1-23-8-7-17-16(12-23)18(22-21-17)19(25)20-10-15-9-13-5-3-4-6-14(13)11-24(15)2/h3-6,15H,7-12H2,1-2H3,(H,20,25)(H,21,22). The van der Waals surface area contributed by atoms with Gasteiger partial charge in [-0.15, -0.1) is 0 Å². The van der Waals surface area contributed by atoms with Crippen molar-refractivity contribution in [3.05, 3.63) is 52.3 Å². The van der Waals surface area contributed by atoms with E-state index in [2.05, 4.69) is 63.7 Å². The van der Waals surface area contributed by atoms with Crippen LogP contribution >= 0.6 is 0 Å². The van der Waals surface area contributed by atoms with Crippen LogP contribution in [0.1, 0.15) is 32.9 Å². The number of H-pyrrole nitrogens is 1. The molecule has 6 heteroatoms. The number of aromatic amines is 1. The van der Waals surface area contributed by atoms with Crippen molar-refractivity contribution in [3.63, 3.8) is 0 Å². The maximum atomic E-state index is 12.6. The third-order valence-electron chi connectivity index (χ3n) is 5.45. The van der Waals surface area contributed by atoms with Crippen LogP contribution < -0.4 is 5.32 Å². The van der Waals surface area contributed by atoms with Crippen LogP contribution in [0.15, 0.2) is 24.3 Å². The molecule has 0 saturated carbocycles. The van der Waals surface area contributed by atoms with Gasteiger partial charge in [-0.05, 0) is 31.6 Å². The summed E-state index contributed by atoms with van der Waals surface area (Å²) in [5.74, 6) is -0.0694. The van der Waals surface area contributed by atoms with E-state index in [1.54, 1.807) is 0 Å². The average Bonchev–Trinajstić information content (AvgIpc) is 3.02. The molecule has 1 atom stereocenters. The van der Waals surface area contributed by atoms with Crippen molar-refractivity contribution >= 4 is 5.91 Å². The number of hydrogen-bond donors (Lipinski definition) is 2. The van der Waals surface area contributed by atoms with Gasteiger partial charge in [-0.1, -0.05) is 24.3 Å². The van der Waals surface area contributed by atoms with E-state index in [1.165, 1.54) is 11.1 Å². The van der Waals surface area contributed by atoms with Gasteiger partial charge in [0.25, 0.3) is 5.91 Å². The zero-order valence-corrected chi connectivity index (χ0v) is 14.9. The number of carbonyl (C=O) groups excluding carboxylic acids is 1. The maximum absolute atomic E-state index is 12.6. The molecule has 1 amide bonds. The first kappa shape index (κ1) is 16.3. The van der Waals surface area contributed by atoms with Crippen LogP contribution in [0.5, 0.6) is 0 Å². The molecule has 0 spiro atoms. The highest BCUT2D eigenvalue weighted by molar-refractivity contribution is 5.94. The van der Waals surface area contributed by atoms with Crippen molar-refractivity contribution in [1.29, 1.82) is 0 Å². The van der Waals surface area contributed by atoms with Gasteiger partial charge < -0.3 is 10.2 Å². The van der Waals surface area contributed by atoms with Gasteiger partial charge in [0.15, 0.2) is 5.69 Å². The molecule has 2 aliphatic heterocycles. The Labute approximate surface area is 148 Å². The van der Waals surface area contributed by atoms with Crippen LogP contribution in [0.4, 0.5) is 0 Å². The largest absolute Gasteiger partial charge is 0.349 e. The summed E-state index contributed by atoms with van der Waals surface area (Å²) in [7, 11) is 4.20. The van der Waals surface area contributed by atoms with Gasteiger partial charge in [0.05, 0.1) is 0 Å². The van der Waals surface area contributed by atoms with Crippen molar-refractivity contribution < 1.29 is 4.79 Å². The van der Waals surface area contributed by atoms with E-state index in [1.807, 2.05) is 0 Å². The topological polar surface area (TPSA) is 64.3 Å². The summed E-state index contributed by atoms with van der Waals surface area (Å²) < 4.78 is 0. The van der Waals surface area contributed by atoms with Gasteiger partial charge in [-0.2, -0.15) is 5.10 Å². The Morgan fingerprint density at radius 1 is 1.28 bits per heavy atom. The molecule has 25 heavy (non-hydrogen) atoms. The van der Waals surface area contributed by atoms with Crippen LogP contribution in [0.25, 0.3) is 0 Å². The first-order chi connectivity index (χ1) is 12.1. The van der Waals surface area contributed by atoms with Crippen molar-refractivity contribution in [2.24, 2.45) is 0 Å². The van der Waals surface area contributed by atoms with Crippen molar-refractivity contribution in [2.75, 3.05) is 27.2 Å². The minimum Gasteiger partial charge on any atom is -0.349 e. The number of likely N-dealkylation sites (N-methyl/N-ethyl adjacent to an activating group) is 2. The molecule has 2 N–H and O–H groups in total. The Hall–Kier alpha value is -2.18. The van der Waals surface area contributed by atoms with Crippen LogP contribution in [0, 0.1) is 0 Å². The molecule has 132 valence electrons. The Morgan fingerprint density at radius 2 is 2.08 bits per heavy atom. The molecule has 4 rings (SSSR count). The molecule has 0 aliphatic carbocycles. The third kappa shape index (κ3) is 3.19. The first-order valence-electron chi connectivity index (χ1n) is 8.91. The molecule has 0 saturated heterocycles. The lowest BCUT2D eigenvalue weighted by atomic mass is 9.94. The van der Waals surface area contributed by atoms with Gasteiger partial charge in [-0.3, -0.25) is 14.8 Å². The molecule has 6 nitrogen and oxygen atoms in total. The van der Waals surface area contributed by atoms with Gasteiger partial charge in [0, 0.05) is 49.9 Å². The fourth-order valence-electron chi connectivity index (χ4n) is 3.86. The summed E-state index contributed by atoms with van der Waals surface area (Å²) in [5.41, 5.74) is 5.48. The second-order valence-electron chi connectivity index (χ2n) is 7.27. The number of aromatic nitrogens is 2. The Kier molecular flexibility index (Phi) is 4.31. The predicted octanol–water partition coefficient (Wildman–Crippen LogP) is 1.18. The summed E-state index contributed by atoms with van der Waals surface area (Å²) in [6, 6.07) is 8.87. The number of fused-ring (bicyclic) bond motifs is 2. The van der Waals surface area contributed by atoms with E-state index in [9.17, 15) is 4.79 Å². The quantitative estimate of drug-likeness (QED) is 0.882. The zero-order chi connectivity index (χ0) is 17.4. The Balaban J connectivity index is 1.42. The first-order valence-corrected chi connectivity index (χ1v) is 8.91. The van der Waals surface area contributed by atoms with E-state index in [-0.39, 0.29) is 5.91 Å². The molecule has 2 aromatic rings. The maximum Gasteiger partial charge on any atom is 0.272 e. The second kappa shape index (κ2) is 6.61. The lowest BCUT2D eigenvalue weighted by Crippen LogP contribution is -2.45. The zero-order valence-electron chi connectivity index (χ0n) is 14.9. The highest BCUT2D eigenvalue weighted by Gasteiger charge is 2.26. The predicted molar refractivity (Wildman–Crippen MR) is 96.4 cm³/mol. The van der Waals surface area contributed by atoms with Gasteiger partial charge >= 0.3 is 0 Å². The van der Waals surface area contributed by atoms with Crippen LogP contribution in [-0.2, 0) is 25.9 Å². The molecule has 3 heterocycles. The minimum atomic E-state index is -0.0694. The van der Waals surface area contributed by atoms with E-state index >= 15 is 0 Å². The summed E-state index contributed by atoms with van der Waals surface area (Å²) in [4.78, 5) is 17.2. The summed E-state index contributed by atoms with van der Waals surface area (Å²) >= 11 is 0. The highest BCUT2D eigenvalue weighted by Crippen LogP contribution is 2.22. The summed E-state index contributed by atoms with van der Waals surface area (Å²) in [5, 5.41) is 10.4. The van der Waals surface area contributed by atoms with Gasteiger partial charge in [0.2, 0.25) is 0 Å². The monoisotopic (exact) mass is 339 g/mol. The van der Waals surface area contributed by atoms with E-state index in [0.29, 0.717) is 18.3 Å². The number of amides is 1. The fourth-order valence-corrected chi connectivity index (χ4v) is 3.86. The van der Waals surface area contributed by atoms with E-state index < -0.39 is 0 Å². The normalized spacial score (nSPS) is 20.8. The van der Waals surface area contributed by atoms with Crippen molar-refractivity contribution in [2.45, 2.75) is 32.0 Å². The van der Waals surface area contributed by atoms with Crippen molar-refractivity contribution in [3.8, 4) is 0 Å². The number of nitrogens with one attached hydrogen (secondary N) is 2. The second-order valence-corrected chi connectivity index (χ2v) is 7.27. The molecule has 0 radical (unpaired) electrons. The molecule has 1 aromatic carbocycles. The van der Waals surface area contributed by atoms with Crippen LogP contribution in [0.2, 0.25) is 0 Å². The molecular weight excluding hydrogens is 314 g/mol. The fraction of sp³-hybridized carbons (Fsp3) is 0.474. The molecular formula is C19H25N5O. The number of nitrogens with zero attached hydrogens (tertiary/aromatic N) is 3. The van der Waals surface area contributed by atoms with E-state index in [4.69, 9.17) is 0 Å². The van der Waals surface area contributed by atoms with Gasteiger partial charge in [-0.25, -0.2) is 0 Å². The summed E-state index contributed by atoms with van der Waals surface area (Å²) in [6.07, 6.45) is 1.89. The van der Waals surface area contributed by atoms with Crippen molar-refractivity contribution in [1.82, 2.24) is 25.3 Å². The molecule has 0 fully saturated rings. The Morgan fingerprint density at radius 3 is 2.92 bits per heavy atom. The lowest BCUT2D eigenvalue weighted by Gasteiger charge is -2.34. The van der Waals surface area contributed by atoms with Gasteiger partial charge in [0.1, 0.15) is 0 Å². The molecule has 1 unspecified atom stereocenters. The van der Waals surface area contributed by atoms with E-state index in [0.717, 1.165) is 43.7 Å². The molecule has 1 aromatic heterocycles. The number of benzene rings is 1. The number of rotatable bonds is 3.